The zero-order chi connectivity index (χ0) is 25.3. The van der Waals surface area contributed by atoms with Crippen molar-refractivity contribution >= 4 is 28.7 Å². The van der Waals surface area contributed by atoms with Crippen LogP contribution in [0.3, 0.4) is 0 Å². The van der Waals surface area contributed by atoms with Crippen molar-refractivity contribution in [3.05, 3.63) is 93.5 Å². The molecule has 0 fully saturated rings. The topological polar surface area (TPSA) is 29.9 Å². The standard InChI is InChI=1S/C25H24F5N3S/c1-15(2)34-23(16(3)31-5)11-17-7-6-8-22-20(17)14-33(32-22)13-18-9-10-19(25(28,29)30)12-21(18)24(4,26)27/h6-12,14,31H,1,3,13H2,2,4-5H3/b23-11-. The number of aromatic nitrogens is 2. The maximum atomic E-state index is 14.2. The molecule has 0 aliphatic heterocycles. The Morgan fingerprint density at radius 3 is 2.44 bits per heavy atom. The molecule has 0 amide bonds. The Hall–Kier alpha value is -3.07. The van der Waals surface area contributed by atoms with E-state index in [4.69, 9.17) is 0 Å². The molecule has 2 aromatic carbocycles. The van der Waals surface area contributed by atoms with Gasteiger partial charge in [0, 0.05) is 41.7 Å². The minimum atomic E-state index is -4.71. The molecule has 0 radical (unpaired) electrons. The van der Waals surface area contributed by atoms with E-state index in [9.17, 15) is 22.0 Å². The first kappa shape index (κ1) is 25.6. The molecule has 0 spiro atoms. The number of halogens is 5. The molecule has 0 saturated heterocycles. The fourth-order valence-electron chi connectivity index (χ4n) is 3.43. The third-order valence-electron chi connectivity index (χ3n) is 5.04. The lowest BCUT2D eigenvalue weighted by atomic mass is 9.99. The first-order chi connectivity index (χ1) is 15.8. The van der Waals surface area contributed by atoms with Crippen LogP contribution in [0.4, 0.5) is 22.0 Å². The lowest BCUT2D eigenvalue weighted by molar-refractivity contribution is -0.137. The number of rotatable bonds is 8. The van der Waals surface area contributed by atoms with E-state index < -0.39 is 23.2 Å². The predicted molar refractivity (Wildman–Crippen MR) is 128 cm³/mol. The molecule has 9 heteroatoms. The summed E-state index contributed by atoms with van der Waals surface area (Å²) in [5.74, 6) is -3.45. The highest BCUT2D eigenvalue weighted by Gasteiger charge is 2.35. The van der Waals surface area contributed by atoms with Gasteiger partial charge >= 0.3 is 6.18 Å². The van der Waals surface area contributed by atoms with Crippen LogP contribution < -0.4 is 5.32 Å². The number of nitrogens with one attached hydrogen (secondary N) is 1. The molecule has 3 aromatic rings. The number of allylic oxidation sites excluding steroid dienone is 1. The number of likely N-dealkylation sites (N-methyl/N-ethyl adjacent to an activating group) is 1. The van der Waals surface area contributed by atoms with Crippen molar-refractivity contribution < 1.29 is 22.0 Å². The zero-order valence-corrected chi connectivity index (χ0v) is 19.7. The van der Waals surface area contributed by atoms with Gasteiger partial charge in [-0.3, -0.25) is 4.68 Å². The van der Waals surface area contributed by atoms with E-state index >= 15 is 0 Å². The maximum Gasteiger partial charge on any atom is 0.416 e. The van der Waals surface area contributed by atoms with Crippen molar-refractivity contribution in [2.24, 2.45) is 0 Å². The molecule has 1 N–H and O–H groups in total. The molecule has 3 rings (SSSR count). The number of benzene rings is 2. The van der Waals surface area contributed by atoms with Crippen LogP contribution in [0.1, 0.15) is 36.1 Å². The van der Waals surface area contributed by atoms with Crippen LogP contribution in [0.2, 0.25) is 0 Å². The SMILES string of the molecule is C=C(C)S/C(=C\c1cccc2nn(Cc3ccc(C(F)(F)F)cc3C(C)(F)F)cc12)C(=C)NC. The van der Waals surface area contributed by atoms with Crippen LogP contribution >= 0.6 is 11.8 Å². The fourth-order valence-corrected chi connectivity index (χ4v) is 4.21. The summed E-state index contributed by atoms with van der Waals surface area (Å²) in [6.45, 7) is 10.3. The van der Waals surface area contributed by atoms with E-state index in [1.54, 1.807) is 19.3 Å². The van der Waals surface area contributed by atoms with Crippen molar-refractivity contribution in [2.45, 2.75) is 32.5 Å². The summed E-state index contributed by atoms with van der Waals surface area (Å²) in [5.41, 5.74) is 0.438. The summed E-state index contributed by atoms with van der Waals surface area (Å²) in [6.07, 6.45) is -1.09. The first-order valence-corrected chi connectivity index (χ1v) is 11.1. The van der Waals surface area contributed by atoms with Gasteiger partial charge in [0.2, 0.25) is 0 Å². The molecule has 1 heterocycles. The Morgan fingerprint density at radius 2 is 1.85 bits per heavy atom. The van der Waals surface area contributed by atoms with Gasteiger partial charge in [0.15, 0.2) is 0 Å². The molecule has 0 aliphatic rings. The highest BCUT2D eigenvalue weighted by Crippen LogP contribution is 2.37. The number of nitrogens with zero attached hydrogens (tertiary/aromatic N) is 2. The first-order valence-electron chi connectivity index (χ1n) is 10.3. The van der Waals surface area contributed by atoms with E-state index in [0.29, 0.717) is 24.2 Å². The van der Waals surface area contributed by atoms with Crippen LogP contribution in [-0.2, 0) is 18.6 Å². The van der Waals surface area contributed by atoms with E-state index in [2.05, 4.69) is 23.6 Å². The number of hydrogen-bond acceptors (Lipinski definition) is 3. The van der Waals surface area contributed by atoms with Gasteiger partial charge in [0.25, 0.3) is 5.92 Å². The summed E-state index contributed by atoms with van der Waals surface area (Å²) in [5, 5.41) is 8.24. The lowest BCUT2D eigenvalue weighted by Gasteiger charge is -2.18. The van der Waals surface area contributed by atoms with Crippen LogP contribution in [0.15, 0.2) is 71.3 Å². The van der Waals surface area contributed by atoms with Crippen molar-refractivity contribution in [1.82, 2.24) is 15.1 Å². The number of alkyl halides is 5. The van der Waals surface area contributed by atoms with E-state index in [1.807, 2.05) is 25.1 Å². The van der Waals surface area contributed by atoms with Crippen LogP contribution in [0, 0.1) is 0 Å². The molecule has 34 heavy (non-hydrogen) atoms. The fraction of sp³-hybridized carbons (Fsp3) is 0.240. The highest BCUT2D eigenvalue weighted by molar-refractivity contribution is 8.07. The third-order valence-corrected chi connectivity index (χ3v) is 5.98. The number of thioether (sulfide) groups is 1. The van der Waals surface area contributed by atoms with Gasteiger partial charge < -0.3 is 5.32 Å². The number of fused-ring (bicyclic) bond motifs is 1. The second-order valence-corrected chi connectivity index (χ2v) is 9.25. The molecule has 3 nitrogen and oxygen atoms in total. The average molecular weight is 494 g/mol. The van der Waals surface area contributed by atoms with Gasteiger partial charge in [0.1, 0.15) is 0 Å². The van der Waals surface area contributed by atoms with Crippen molar-refractivity contribution in [1.29, 1.82) is 0 Å². The van der Waals surface area contributed by atoms with E-state index in [-0.39, 0.29) is 12.1 Å². The molecule has 0 saturated carbocycles. The Labute approximate surface area is 199 Å². The Morgan fingerprint density at radius 1 is 1.15 bits per heavy atom. The molecule has 0 atom stereocenters. The summed E-state index contributed by atoms with van der Waals surface area (Å²) in [4.78, 5) is 1.73. The summed E-state index contributed by atoms with van der Waals surface area (Å²) >= 11 is 1.46. The molecule has 0 bridgehead atoms. The summed E-state index contributed by atoms with van der Waals surface area (Å²) in [6, 6.07) is 7.90. The summed E-state index contributed by atoms with van der Waals surface area (Å²) < 4.78 is 69.1. The molecular formula is C25H24F5N3S. The van der Waals surface area contributed by atoms with Crippen LogP contribution in [-0.4, -0.2) is 16.8 Å². The average Bonchev–Trinajstić information content (AvgIpc) is 3.14. The quantitative estimate of drug-likeness (QED) is 0.259. The largest absolute Gasteiger partial charge is 0.416 e. The molecule has 180 valence electrons. The summed E-state index contributed by atoms with van der Waals surface area (Å²) in [7, 11) is 1.76. The lowest BCUT2D eigenvalue weighted by Crippen LogP contribution is -2.16. The number of hydrogen-bond donors (Lipinski definition) is 1. The smallest absolute Gasteiger partial charge is 0.388 e. The van der Waals surface area contributed by atoms with Crippen molar-refractivity contribution in [3.8, 4) is 0 Å². The van der Waals surface area contributed by atoms with Crippen molar-refractivity contribution in [3.63, 3.8) is 0 Å². The third kappa shape index (κ3) is 5.88. The Balaban J connectivity index is 2.05. The predicted octanol–water partition coefficient (Wildman–Crippen LogP) is 7.56. The highest BCUT2D eigenvalue weighted by atomic mass is 32.2. The molecular weight excluding hydrogens is 469 g/mol. The van der Waals surface area contributed by atoms with Gasteiger partial charge in [-0.2, -0.15) is 18.3 Å². The van der Waals surface area contributed by atoms with Crippen LogP contribution in [0.5, 0.6) is 0 Å². The second-order valence-electron chi connectivity index (χ2n) is 7.91. The molecule has 1 aromatic heterocycles. The maximum absolute atomic E-state index is 14.2. The molecule has 0 unspecified atom stereocenters. The van der Waals surface area contributed by atoms with Gasteiger partial charge in [-0.15, -0.1) is 0 Å². The van der Waals surface area contributed by atoms with Gasteiger partial charge in [-0.05, 0) is 47.2 Å². The van der Waals surface area contributed by atoms with Crippen LogP contribution in [0.25, 0.3) is 17.0 Å². The van der Waals surface area contributed by atoms with E-state index in [1.165, 1.54) is 16.4 Å². The normalized spacial score (nSPS) is 12.8. The minimum absolute atomic E-state index is 0.0625. The monoisotopic (exact) mass is 493 g/mol. The van der Waals surface area contributed by atoms with E-state index in [0.717, 1.165) is 32.9 Å². The van der Waals surface area contributed by atoms with Gasteiger partial charge in [0.05, 0.1) is 17.6 Å². The zero-order valence-electron chi connectivity index (χ0n) is 18.9. The second kappa shape index (κ2) is 9.66. The van der Waals surface area contributed by atoms with Gasteiger partial charge in [-0.25, -0.2) is 8.78 Å². The Kier molecular flexibility index (Phi) is 7.26. The van der Waals surface area contributed by atoms with Crippen molar-refractivity contribution in [2.75, 3.05) is 7.05 Å². The molecule has 0 aliphatic carbocycles. The Bertz CT molecular complexity index is 1270. The minimum Gasteiger partial charge on any atom is -0.388 e. The van der Waals surface area contributed by atoms with Gasteiger partial charge in [-0.1, -0.05) is 43.1 Å².